The van der Waals surface area contributed by atoms with Crippen molar-refractivity contribution in [3.63, 3.8) is 0 Å². The number of ketones is 1. The van der Waals surface area contributed by atoms with Gasteiger partial charge in [-0.25, -0.2) is 4.39 Å². The van der Waals surface area contributed by atoms with Gasteiger partial charge in [0.2, 0.25) is 0 Å². The van der Waals surface area contributed by atoms with E-state index in [1.807, 2.05) is 0 Å². The highest BCUT2D eigenvalue weighted by Gasteiger charge is 2.16. The Kier molecular flexibility index (Phi) is 2.56. The number of carbonyl (C=O) groups is 1. The van der Waals surface area contributed by atoms with Crippen LogP contribution in [0.5, 0.6) is 0 Å². The van der Waals surface area contributed by atoms with Gasteiger partial charge in [-0.05, 0) is 18.6 Å². The molecule has 3 nitrogen and oxygen atoms in total. The first kappa shape index (κ1) is 10.5. The van der Waals surface area contributed by atoms with E-state index in [0.717, 1.165) is 0 Å². The lowest BCUT2D eigenvalue weighted by Gasteiger charge is -2.02. The molecular weight excluding hydrogens is 207 g/mol. The smallest absolute Gasteiger partial charge is 0.199 e. The van der Waals surface area contributed by atoms with Crippen LogP contribution >= 0.6 is 0 Å². The Hall–Kier alpha value is -1.97. The molecule has 0 aliphatic carbocycles. The lowest BCUT2D eigenvalue weighted by atomic mass is 10.0. The summed E-state index contributed by atoms with van der Waals surface area (Å²) < 4.78 is 15.2. The third-order valence-corrected chi connectivity index (χ3v) is 2.40. The lowest BCUT2D eigenvalue weighted by molar-refractivity contribution is 0.103. The van der Waals surface area contributed by atoms with Crippen molar-refractivity contribution in [3.8, 4) is 0 Å². The molecule has 0 unspecified atom stereocenters. The Morgan fingerprint density at radius 3 is 2.81 bits per heavy atom. The highest BCUT2D eigenvalue weighted by molar-refractivity contribution is 6.08. The molecule has 0 aliphatic heterocycles. The van der Waals surface area contributed by atoms with Gasteiger partial charge in [-0.1, -0.05) is 12.1 Å². The molecule has 1 aromatic heterocycles. The van der Waals surface area contributed by atoms with Gasteiger partial charge < -0.3 is 0 Å². The number of aryl methyl sites for hydroxylation is 2. The van der Waals surface area contributed by atoms with E-state index in [9.17, 15) is 9.18 Å². The molecule has 0 bridgehead atoms. The molecule has 2 rings (SSSR count). The summed E-state index contributed by atoms with van der Waals surface area (Å²) in [4.78, 5) is 11.9. The molecular formula is C12H11FN2O. The number of benzene rings is 1. The monoisotopic (exact) mass is 218 g/mol. The van der Waals surface area contributed by atoms with Gasteiger partial charge in [0.1, 0.15) is 5.82 Å². The van der Waals surface area contributed by atoms with Crippen molar-refractivity contribution in [2.75, 3.05) is 0 Å². The molecule has 0 aliphatic rings. The summed E-state index contributed by atoms with van der Waals surface area (Å²) in [7, 11) is 1.71. The quantitative estimate of drug-likeness (QED) is 0.723. The fourth-order valence-corrected chi connectivity index (χ4v) is 1.52. The standard InChI is InChI=1S/C12H11FN2O/c1-8-4-3-5-10(11(8)13)12(16)9-6-14-15(2)7-9/h3-7H,1-2H3. The maximum Gasteiger partial charge on any atom is 0.199 e. The molecule has 4 heteroatoms. The highest BCUT2D eigenvalue weighted by Crippen LogP contribution is 2.15. The Labute approximate surface area is 92.5 Å². The van der Waals surface area contributed by atoms with Crippen molar-refractivity contribution in [1.82, 2.24) is 9.78 Å². The fourth-order valence-electron chi connectivity index (χ4n) is 1.52. The Morgan fingerprint density at radius 1 is 1.44 bits per heavy atom. The fraction of sp³-hybridized carbons (Fsp3) is 0.167. The van der Waals surface area contributed by atoms with Gasteiger partial charge in [0, 0.05) is 13.2 Å². The number of aromatic nitrogens is 2. The minimum Gasteiger partial charge on any atom is -0.288 e. The van der Waals surface area contributed by atoms with E-state index >= 15 is 0 Å². The number of hydrogen-bond acceptors (Lipinski definition) is 2. The zero-order chi connectivity index (χ0) is 11.7. The first-order chi connectivity index (χ1) is 7.59. The Bertz CT molecular complexity index is 546. The van der Waals surface area contributed by atoms with Crippen LogP contribution in [-0.2, 0) is 7.05 Å². The largest absolute Gasteiger partial charge is 0.288 e. The number of nitrogens with zero attached hydrogens (tertiary/aromatic N) is 2. The molecule has 0 radical (unpaired) electrons. The van der Waals surface area contributed by atoms with Gasteiger partial charge >= 0.3 is 0 Å². The van der Waals surface area contributed by atoms with E-state index in [1.54, 1.807) is 32.3 Å². The third-order valence-electron chi connectivity index (χ3n) is 2.40. The van der Waals surface area contributed by atoms with Crippen LogP contribution in [0.2, 0.25) is 0 Å². The van der Waals surface area contributed by atoms with Crippen molar-refractivity contribution in [3.05, 3.63) is 53.1 Å². The van der Waals surface area contributed by atoms with Gasteiger partial charge in [-0.3, -0.25) is 9.48 Å². The topological polar surface area (TPSA) is 34.9 Å². The molecule has 0 spiro atoms. The summed E-state index contributed by atoms with van der Waals surface area (Å²) >= 11 is 0. The summed E-state index contributed by atoms with van der Waals surface area (Å²) in [5.41, 5.74) is 0.953. The molecule has 2 aromatic rings. The second-order valence-electron chi connectivity index (χ2n) is 3.67. The van der Waals surface area contributed by atoms with Crippen molar-refractivity contribution >= 4 is 5.78 Å². The van der Waals surface area contributed by atoms with Crippen LogP contribution in [0, 0.1) is 12.7 Å². The van der Waals surface area contributed by atoms with E-state index in [1.165, 1.54) is 16.9 Å². The number of rotatable bonds is 2. The van der Waals surface area contributed by atoms with Crippen molar-refractivity contribution < 1.29 is 9.18 Å². The van der Waals surface area contributed by atoms with Crippen LogP contribution in [0.1, 0.15) is 21.5 Å². The molecule has 0 saturated carbocycles. The first-order valence-electron chi connectivity index (χ1n) is 4.88. The van der Waals surface area contributed by atoms with Crippen LogP contribution in [0.4, 0.5) is 4.39 Å². The molecule has 0 fully saturated rings. The van der Waals surface area contributed by atoms with Gasteiger partial charge in [0.15, 0.2) is 5.78 Å². The van der Waals surface area contributed by atoms with Crippen LogP contribution < -0.4 is 0 Å². The van der Waals surface area contributed by atoms with Gasteiger partial charge in [0.05, 0.1) is 17.3 Å². The molecule has 0 amide bonds. The van der Waals surface area contributed by atoms with E-state index in [2.05, 4.69) is 5.10 Å². The van der Waals surface area contributed by atoms with Gasteiger partial charge in [0.25, 0.3) is 0 Å². The first-order valence-corrected chi connectivity index (χ1v) is 4.88. The highest BCUT2D eigenvalue weighted by atomic mass is 19.1. The van der Waals surface area contributed by atoms with Crippen molar-refractivity contribution in [2.24, 2.45) is 7.05 Å². The molecule has 1 aromatic carbocycles. The van der Waals surface area contributed by atoms with E-state index in [4.69, 9.17) is 0 Å². The molecule has 82 valence electrons. The Morgan fingerprint density at radius 2 is 2.19 bits per heavy atom. The van der Waals surface area contributed by atoms with Crippen LogP contribution in [0.15, 0.2) is 30.6 Å². The average molecular weight is 218 g/mol. The minimum atomic E-state index is -0.462. The van der Waals surface area contributed by atoms with Gasteiger partial charge in [-0.2, -0.15) is 5.10 Å². The normalized spacial score (nSPS) is 10.4. The van der Waals surface area contributed by atoms with Crippen molar-refractivity contribution in [1.29, 1.82) is 0 Å². The summed E-state index contributed by atoms with van der Waals surface area (Å²) in [6.45, 7) is 1.63. The SMILES string of the molecule is Cc1cccc(C(=O)c2cnn(C)c2)c1F. The third kappa shape index (κ3) is 1.74. The number of hydrogen-bond donors (Lipinski definition) is 0. The molecule has 1 heterocycles. The van der Waals surface area contributed by atoms with Crippen LogP contribution in [0.25, 0.3) is 0 Å². The molecule has 0 atom stereocenters. The zero-order valence-electron chi connectivity index (χ0n) is 9.07. The molecule has 0 saturated heterocycles. The second kappa shape index (κ2) is 3.89. The zero-order valence-corrected chi connectivity index (χ0v) is 9.07. The van der Waals surface area contributed by atoms with Crippen molar-refractivity contribution in [2.45, 2.75) is 6.92 Å². The predicted octanol–water partition coefficient (Wildman–Crippen LogP) is 2.10. The Balaban J connectivity index is 2.45. The minimum absolute atomic E-state index is 0.0907. The molecule has 16 heavy (non-hydrogen) atoms. The summed E-state index contributed by atoms with van der Waals surface area (Å²) in [6.07, 6.45) is 3.01. The molecule has 0 N–H and O–H groups in total. The van der Waals surface area contributed by atoms with Gasteiger partial charge in [-0.15, -0.1) is 0 Å². The second-order valence-corrected chi connectivity index (χ2v) is 3.67. The van der Waals surface area contributed by atoms with Crippen LogP contribution in [0.3, 0.4) is 0 Å². The van der Waals surface area contributed by atoms with E-state index in [-0.39, 0.29) is 11.3 Å². The van der Waals surface area contributed by atoms with E-state index in [0.29, 0.717) is 11.1 Å². The summed E-state index contributed by atoms with van der Waals surface area (Å²) in [5.74, 6) is -0.800. The lowest BCUT2D eigenvalue weighted by Crippen LogP contribution is -2.04. The van der Waals surface area contributed by atoms with E-state index < -0.39 is 5.82 Å². The van der Waals surface area contributed by atoms with Crippen LogP contribution in [-0.4, -0.2) is 15.6 Å². The maximum atomic E-state index is 13.7. The summed E-state index contributed by atoms with van der Waals surface area (Å²) in [6, 6.07) is 4.79. The summed E-state index contributed by atoms with van der Waals surface area (Å²) in [5, 5.41) is 3.89. The average Bonchev–Trinajstić information content (AvgIpc) is 2.68. The maximum absolute atomic E-state index is 13.7. The predicted molar refractivity (Wildman–Crippen MR) is 57.8 cm³/mol. The number of halogens is 1. The number of carbonyl (C=O) groups excluding carboxylic acids is 1.